The number of carbonyl (C=O) groups is 1. The minimum absolute atomic E-state index is 0.205. The van der Waals surface area contributed by atoms with E-state index >= 15 is 0 Å². The Labute approximate surface area is 111 Å². The van der Waals surface area contributed by atoms with Crippen LogP contribution in [0.15, 0.2) is 54.6 Å². The maximum atomic E-state index is 12.1. The van der Waals surface area contributed by atoms with Crippen LogP contribution < -0.4 is 4.46 Å². The van der Waals surface area contributed by atoms with Crippen LogP contribution in [-0.4, -0.2) is 24.8 Å². The third-order valence-electron chi connectivity index (χ3n) is 2.68. The van der Waals surface area contributed by atoms with Crippen LogP contribution >= 0.6 is 0 Å². The monoisotopic (exact) mass is 307 g/mol. The normalized spacial score (nSPS) is 10.6. The van der Waals surface area contributed by atoms with E-state index in [1.54, 1.807) is 12.1 Å². The number of rotatable bonds is 4. The summed E-state index contributed by atoms with van der Waals surface area (Å²) in [6.45, 7) is 0. The summed E-state index contributed by atoms with van der Waals surface area (Å²) in [4.78, 5) is 12.1. The van der Waals surface area contributed by atoms with Gasteiger partial charge in [-0.15, -0.1) is 0 Å². The van der Waals surface area contributed by atoms with E-state index in [0.717, 1.165) is 5.56 Å². The third-order valence-corrected chi connectivity index (χ3v) is 6.40. The molecule has 0 fully saturated rings. The number of benzene rings is 2. The third kappa shape index (κ3) is 3.22. The SMILES string of the molecule is C[Se](CC(=O)c1ccccc1)c1ccc(O)cc1. The van der Waals surface area contributed by atoms with Crippen molar-refractivity contribution in [3.8, 4) is 5.75 Å². The predicted octanol–water partition coefficient (Wildman–Crippen LogP) is 2.61. The number of carbonyl (C=O) groups excluding carboxylic acids is 1. The van der Waals surface area contributed by atoms with Gasteiger partial charge in [-0.25, -0.2) is 0 Å². The summed E-state index contributed by atoms with van der Waals surface area (Å²) in [5.41, 5.74) is 0.784. The van der Waals surface area contributed by atoms with Crippen molar-refractivity contribution in [3.63, 3.8) is 0 Å². The van der Waals surface area contributed by atoms with Crippen LogP contribution in [0, 0.1) is 0 Å². The Morgan fingerprint density at radius 3 is 2.28 bits per heavy atom. The summed E-state index contributed by atoms with van der Waals surface area (Å²) < 4.78 is 1.19. The van der Waals surface area contributed by atoms with E-state index in [2.05, 4.69) is 5.82 Å². The Hall–Kier alpha value is -1.57. The zero-order valence-corrected chi connectivity index (χ0v) is 11.9. The van der Waals surface area contributed by atoms with E-state index in [1.165, 1.54) is 4.46 Å². The quantitative estimate of drug-likeness (QED) is 0.696. The predicted molar refractivity (Wildman–Crippen MR) is 74.9 cm³/mol. The van der Waals surface area contributed by atoms with Gasteiger partial charge in [-0.1, -0.05) is 0 Å². The molecule has 3 heteroatoms. The number of phenolic OH excluding ortho intramolecular Hbond substituents is 1. The molecular weight excluding hydrogens is 291 g/mol. The number of phenols is 1. The molecule has 0 aromatic heterocycles. The zero-order chi connectivity index (χ0) is 13.0. The Morgan fingerprint density at radius 1 is 1.06 bits per heavy atom. The molecule has 0 aliphatic rings. The number of ketones is 1. The molecule has 0 unspecified atom stereocenters. The van der Waals surface area contributed by atoms with Crippen molar-refractivity contribution in [3.05, 3.63) is 60.2 Å². The van der Waals surface area contributed by atoms with Gasteiger partial charge in [0.25, 0.3) is 0 Å². The van der Waals surface area contributed by atoms with Gasteiger partial charge in [0, 0.05) is 0 Å². The molecule has 0 spiro atoms. The van der Waals surface area contributed by atoms with Gasteiger partial charge in [0.1, 0.15) is 0 Å². The molecule has 2 rings (SSSR count). The topological polar surface area (TPSA) is 37.3 Å². The van der Waals surface area contributed by atoms with Crippen LogP contribution in [0.5, 0.6) is 5.75 Å². The fourth-order valence-electron chi connectivity index (χ4n) is 1.67. The number of hydrogen-bond donors (Lipinski definition) is 1. The van der Waals surface area contributed by atoms with Gasteiger partial charge in [0.15, 0.2) is 0 Å². The molecule has 2 nitrogen and oxygen atoms in total. The van der Waals surface area contributed by atoms with Crippen LogP contribution in [0.25, 0.3) is 0 Å². The van der Waals surface area contributed by atoms with Crippen LogP contribution in [0.3, 0.4) is 0 Å². The Balaban J connectivity index is 2.06. The average molecular weight is 306 g/mol. The van der Waals surface area contributed by atoms with E-state index in [4.69, 9.17) is 0 Å². The molecule has 0 bridgehead atoms. The molecule has 0 saturated carbocycles. The molecular formula is C15H15O2Se. The molecule has 1 N–H and O–H groups in total. The molecule has 0 heterocycles. The van der Waals surface area contributed by atoms with Gasteiger partial charge < -0.3 is 0 Å². The second-order valence-corrected chi connectivity index (χ2v) is 8.33. The van der Waals surface area contributed by atoms with Crippen molar-refractivity contribution < 1.29 is 9.90 Å². The molecule has 0 amide bonds. The van der Waals surface area contributed by atoms with Crippen LogP contribution in [0.1, 0.15) is 10.4 Å². The van der Waals surface area contributed by atoms with Crippen molar-refractivity contribution in [1.82, 2.24) is 0 Å². The van der Waals surface area contributed by atoms with Crippen molar-refractivity contribution in [2.75, 3.05) is 0 Å². The molecule has 0 aliphatic carbocycles. The first-order valence-corrected chi connectivity index (χ1v) is 9.45. The van der Waals surface area contributed by atoms with E-state index < -0.39 is 13.9 Å². The van der Waals surface area contributed by atoms with Crippen molar-refractivity contribution in [2.24, 2.45) is 0 Å². The molecule has 93 valence electrons. The second-order valence-electron chi connectivity index (χ2n) is 4.06. The molecule has 2 aromatic rings. The number of hydrogen-bond acceptors (Lipinski definition) is 2. The summed E-state index contributed by atoms with van der Waals surface area (Å²) >= 11 is -1.13. The van der Waals surface area contributed by atoms with Crippen molar-refractivity contribution >= 4 is 24.1 Å². The summed E-state index contributed by atoms with van der Waals surface area (Å²) in [5.74, 6) is 2.62. The molecule has 1 radical (unpaired) electrons. The van der Waals surface area contributed by atoms with Crippen LogP contribution in [0.2, 0.25) is 11.1 Å². The van der Waals surface area contributed by atoms with E-state index in [0.29, 0.717) is 5.32 Å². The Kier molecular flexibility index (Phi) is 4.19. The first kappa shape index (κ1) is 12.9. The van der Waals surface area contributed by atoms with Gasteiger partial charge in [0.05, 0.1) is 0 Å². The standard InChI is InChI=1S/C15H15O2Se/c1-18(14-9-7-13(16)8-10-14)11-15(17)12-5-3-2-4-6-12/h2-10,16H,11H2,1H3. The average Bonchev–Trinajstić information content (AvgIpc) is 2.40. The van der Waals surface area contributed by atoms with Gasteiger partial charge in [-0.05, 0) is 0 Å². The Morgan fingerprint density at radius 2 is 1.67 bits per heavy atom. The number of Topliss-reactive ketones (excluding diaryl/α,β-unsaturated/α-hetero) is 1. The maximum absolute atomic E-state index is 12.1. The zero-order valence-electron chi connectivity index (χ0n) is 10.2. The molecule has 0 atom stereocenters. The summed E-state index contributed by atoms with van der Waals surface area (Å²) in [6, 6.07) is 16.6. The molecule has 2 aromatic carbocycles. The first-order chi connectivity index (χ1) is 8.66. The van der Waals surface area contributed by atoms with Crippen LogP contribution in [-0.2, 0) is 0 Å². The van der Waals surface area contributed by atoms with Gasteiger partial charge in [0.2, 0.25) is 0 Å². The summed E-state index contributed by atoms with van der Waals surface area (Å²) in [6.07, 6.45) is 0. The van der Waals surface area contributed by atoms with Gasteiger partial charge in [-0.3, -0.25) is 0 Å². The van der Waals surface area contributed by atoms with Crippen LogP contribution in [0.4, 0.5) is 0 Å². The van der Waals surface area contributed by atoms with Gasteiger partial charge in [-0.2, -0.15) is 0 Å². The van der Waals surface area contributed by atoms with Gasteiger partial charge >= 0.3 is 111 Å². The molecule has 0 aliphatic heterocycles. The number of aromatic hydroxyl groups is 1. The van der Waals surface area contributed by atoms with E-state index in [-0.39, 0.29) is 11.5 Å². The molecule has 0 saturated heterocycles. The van der Waals surface area contributed by atoms with Crippen molar-refractivity contribution in [2.45, 2.75) is 11.1 Å². The van der Waals surface area contributed by atoms with Crippen molar-refractivity contribution in [1.29, 1.82) is 0 Å². The van der Waals surface area contributed by atoms with E-state index in [9.17, 15) is 9.90 Å². The van der Waals surface area contributed by atoms with E-state index in [1.807, 2.05) is 42.5 Å². The second kappa shape index (κ2) is 5.85. The fourth-order valence-corrected chi connectivity index (χ4v) is 4.45. The first-order valence-electron chi connectivity index (χ1n) is 5.66. The summed E-state index contributed by atoms with van der Waals surface area (Å²) in [7, 11) is 0. The summed E-state index contributed by atoms with van der Waals surface area (Å²) in [5, 5.41) is 9.85. The Bertz CT molecular complexity index is 520. The molecule has 18 heavy (non-hydrogen) atoms. The fraction of sp³-hybridized carbons (Fsp3) is 0.133. The minimum atomic E-state index is -1.13.